The van der Waals surface area contributed by atoms with Gasteiger partial charge in [-0.1, -0.05) is 15.9 Å². The largest absolute Gasteiger partial charge is 0.496 e. The summed E-state index contributed by atoms with van der Waals surface area (Å²) in [7, 11) is 1.64. The fourth-order valence-electron chi connectivity index (χ4n) is 2.58. The molecule has 1 aromatic carbocycles. The number of carbonyl (C=O) groups excluding carboxylic acids is 1. The lowest BCUT2D eigenvalue weighted by molar-refractivity contribution is -0.126. The van der Waals surface area contributed by atoms with Crippen LogP contribution in [-0.2, 0) is 11.3 Å². The van der Waals surface area contributed by atoms with Crippen LogP contribution in [0.4, 0.5) is 0 Å². The molecule has 1 fully saturated rings. The number of carbonyl (C=O) groups is 1. The van der Waals surface area contributed by atoms with Gasteiger partial charge in [0, 0.05) is 28.5 Å². The Bertz CT molecular complexity index is 485. The zero-order chi connectivity index (χ0) is 14.5. The molecule has 1 aliphatic heterocycles. The molecular formula is C15H22BrClN2O2. The van der Waals surface area contributed by atoms with E-state index in [1.807, 2.05) is 18.2 Å². The lowest BCUT2D eigenvalue weighted by atomic mass is 9.92. The molecule has 118 valence electrons. The molecule has 2 rings (SSSR count). The van der Waals surface area contributed by atoms with Gasteiger partial charge in [0.05, 0.1) is 7.11 Å². The maximum absolute atomic E-state index is 12.2. The number of halogens is 2. The monoisotopic (exact) mass is 376 g/mol. The number of amides is 1. The van der Waals surface area contributed by atoms with Gasteiger partial charge in [-0.2, -0.15) is 0 Å². The van der Waals surface area contributed by atoms with Crippen LogP contribution in [0.2, 0.25) is 0 Å². The lowest BCUT2D eigenvalue weighted by Crippen LogP contribution is -2.42. The first-order chi connectivity index (χ1) is 9.60. The van der Waals surface area contributed by atoms with Gasteiger partial charge < -0.3 is 15.4 Å². The number of ether oxygens (including phenoxy) is 1. The Balaban J connectivity index is 0.00000220. The lowest BCUT2D eigenvalue weighted by Gasteiger charge is -2.27. The summed E-state index contributed by atoms with van der Waals surface area (Å²) in [5.41, 5.74) is 0.984. The molecule has 6 heteroatoms. The van der Waals surface area contributed by atoms with Crippen molar-refractivity contribution in [1.82, 2.24) is 10.6 Å². The summed E-state index contributed by atoms with van der Waals surface area (Å²) in [6.07, 6.45) is 1.81. The van der Waals surface area contributed by atoms with E-state index in [4.69, 9.17) is 4.74 Å². The van der Waals surface area contributed by atoms with Gasteiger partial charge in [-0.15, -0.1) is 12.4 Å². The van der Waals surface area contributed by atoms with Gasteiger partial charge in [-0.3, -0.25) is 4.79 Å². The van der Waals surface area contributed by atoms with E-state index in [2.05, 4.69) is 33.5 Å². The van der Waals surface area contributed by atoms with Crippen LogP contribution in [0.3, 0.4) is 0 Å². The summed E-state index contributed by atoms with van der Waals surface area (Å²) in [6, 6.07) is 6.22. The van der Waals surface area contributed by atoms with Crippen LogP contribution in [-0.4, -0.2) is 25.6 Å². The smallest absolute Gasteiger partial charge is 0.223 e. The molecule has 4 nitrogen and oxygen atoms in total. The van der Waals surface area contributed by atoms with Crippen LogP contribution in [0.1, 0.15) is 25.3 Å². The summed E-state index contributed by atoms with van der Waals surface area (Å²) < 4.78 is 6.30. The van der Waals surface area contributed by atoms with Gasteiger partial charge >= 0.3 is 0 Å². The van der Waals surface area contributed by atoms with E-state index in [0.717, 1.165) is 35.2 Å². The van der Waals surface area contributed by atoms with Crippen molar-refractivity contribution in [2.24, 2.45) is 5.92 Å². The van der Waals surface area contributed by atoms with Gasteiger partial charge in [-0.05, 0) is 44.5 Å². The minimum Gasteiger partial charge on any atom is -0.496 e. The predicted molar refractivity (Wildman–Crippen MR) is 90.0 cm³/mol. The molecule has 1 aromatic rings. The molecule has 0 aliphatic carbocycles. The zero-order valence-corrected chi connectivity index (χ0v) is 14.7. The van der Waals surface area contributed by atoms with Gasteiger partial charge in [0.25, 0.3) is 0 Å². The number of hydrogen-bond donors (Lipinski definition) is 2. The van der Waals surface area contributed by atoms with E-state index in [-0.39, 0.29) is 24.2 Å². The molecule has 1 amide bonds. The van der Waals surface area contributed by atoms with Crippen LogP contribution in [0.25, 0.3) is 0 Å². The molecule has 0 saturated carbocycles. The first kappa shape index (κ1) is 18.3. The number of benzene rings is 1. The van der Waals surface area contributed by atoms with E-state index < -0.39 is 0 Å². The van der Waals surface area contributed by atoms with Gasteiger partial charge in [-0.25, -0.2) is 0 Å². The molecule has 0 spiro atoms. The fourth-order valence-corrected chi connectivity index (χ4v) is 2.99. The third kappa shape index (κ3) is 5.16. The summed E-state index contributed by atoms with van der Waals surface area (Å²) in [5.74, 6) is 1.05. The zero-order valence-electron chi connectivity index (χ0n) is 12.3. The molecule has 2 atom stereocenters. The average Bonchev–Trinajstić information content (AvgIpc) is 2.45. The Hall–Kier alpha value is -0.780. The molecule has 0 aromatic heterocycles. The molecular weight excluding hydrogens is 356 g/mol. The second kappa shape index (κ2) is 8.61. The Morgan fingerprint density at radius 1 is 1.52 bits per heavy atom. The van der Waals surface area contributed by atoms with Crippen molar-refractivity contribution < 1.29 is 9.53 Å². The van der Waals surface area contributed by atoms with Gasteiger partial charge in [0.2, 0.25) is 5.91 Å². The minimum absolute atomic E-state index is 0. The molecule has 21 heavy (non-hydrogen) atoms. The first-order valence-electron chi connectivity index (χ1n) is 6.93. The second-order valence-electron chi connectivity index (χ2n) is 5.25. The second-order valence-corrected chi connectivity index (χ2v) is 6.17. The highest BCUT2D eigenvalue weighted by Crippen LogP contribution is 2.23. The maximum atomic E-state index is 12.2. The fraction of sp³-hybridized carbons (Fsp3) is 0.533. The number of methoxy groups -OCH3 is 1. The summed E-state index contributed by atoms with van der Waals surface area (Å²) in [5, 5.41) is 6.38. The first-order valence-corrected chi connectivity index (χ1v) is 7.73. The number of hydrogen-bond acceptors (Lipinski definition) is 3. The Kier molecular flexibility index (Phi) is 7.49. The van der Waals surface area contributed by atoms with Crippen molar-refractivity contribution in [2.45, 2.75) is 32.4 Å². The summed E-state index contributed by atoms with van der Waals surface area (Å²) in [6.45, 7) is 3.54. The SMILES string of the molecule is COc1ccc(Br)cc1CNC(=O)[C@H]1CCN[C@@H](C)C1.Cl. The van der Waals surface area contributed by atoms with Crippen molar-refractivity contribution in [3.05, 3.63) is 28.2 Å². The van der Waals surface area contributed by atoms with Crippen molar-refractivity contribution in [1.29, 1.82) is 0 Å². The quantitative estimate of drug-likeness (QED) is 0.848. The summed E-state index contributed by atoms with van der Waals surface area (Å²) >= 11 is 3.44. The molecule has 1 aliphatic rings. The highest BCUT2D eigenvalue weighted by molar-refractivity contribution is 9.10. The number of piperidine rings is 1. The third-order valence-electron chi connectivity index (χ3n) is 3.69. The van der Waals surface area contributed by atoms with E-state index in [9.17, 15) is 4.79 Å². The molecule has 2 N–H and O–H groups in total. The highest BCUT2D eigenvalue weighted by atomic mass is 79.9. The van der Waals surface area contributed by atoms with Crippen LogP contribution in [0.5, 0.6) is 5.75 Å². The van der Waals surface area contributed by atoms with Crippen molar-refractivity contribution in [3.63, 3.8) is 0 Å². The number of nitrogens with one attached hydrogen (secondary N) is 2. The standard InChI is InChI=1S/C15H21BrN2O2.ClH/c1-10-7-11(5-6-17-10)15(19)18-9-12-8-13(16)3-4-14(12)20-2;/h3-4,8,10-11,17H,5-7,9H2,1-2H3,(H,18,19);1H/t10-,11-;/m0./s1. The molecule has 1 saturated heterocycles. The molecule has 0 radical (unpaired) electrons. The predicted octanol–water partition coefficient (Wildman–Crippen LogP) is 2.88. The van der Waals surface area contributed by atoms with E-state index in [0.29, 0.717) is 12.6 Å². The molecule has 1 heterocycles. The maximum Gasteiger partial charge on any atom is 0.223 e. The van der Waals surface area contributed by atoms with Gasteiger partial charge in [0.1, 0.15) is 5.75 Å². The Morgan fingerprint density at radius 2 is 2.29 bits per heavy atom. The molecule has 0 unspecified atom stereocenters. The third-order valence-corrected chi connectivity index (χ3v) is 4.18. The van der Waals surface area contributed by atoms with Crippen LogP contribution >= 0.6 is 28.3 Å². The van der Waals surface area contributed by atoms with Crippen LogP contribution in [0, 0.1) is 5.92 Å². The highest BCUT2D eigenvalue weighted by Gasteiger charge is 2.24. The topological polar surface area (TPSA) is 50.4 Å². The van der Waals surface area contributed by atoms with Crippen molar-refractivity contribution in [3.8, 4) is 5.75 Å². The molecule has 0 bridgehead atoms. The van der Waals surface area contributed by atoms with Crippen LogP contribution < -0.4 is 15.4 Å². The van der Waals surface area contributed by atoms with E-state index >= 15 is 0 Å². The van der Waals surface area contributed by atoms with Crippen LogP contribution in [0.15, 0.2) is 22.7 Å². The van der Waals surface area contributed by atoms with Gasteiger partial charge in [0.15, 0.2) is 0 Å². The average molecular weight is 378 g/mol. The normalized spacial score (nSPS) is 21.3. The van der Waals surface area contributed by atoms with E-state index in [1.165, 1.54) is 0 Å². The minimum atomic E-state index is 0. The van der Waals surface area contributed by atoms with E-state index in [1.54, 1.807) is 7.11 Å². The Morgan fingerprint density at radius 3 is 2.95 bits per heavy atom. The van der Waals surface area contributed by atoms with Crippen molar-refractivity contribution >= 4 is 34.2 Å². The Labute approximate surface area is 140 Å². The summed E-state index contributed by atoms with van der Waals surface area (Å²) in [4.78, 5) is 12.2. The number of rotatable bonds is 4. The van der Waals surface area contributed by atoms with Crippen molar-refractivity contribution in [2.75, 3.05) is 13.7 Å².